The zero-order valence-electron chi connectivity index (χ0n) is 10.1. The minimum Gasteiger partial charge on any atom is -0.268 e. The standard InChI is InChI=1S/C6H12N6O8/c7-8(1-5(11(17)18)3-9(13)14)2-6(12(19)20)4-10(15)16/h5-6H,1-4,7H2. The highest BCUT2D eigenvalue weighted by Gasteiger charge is 2.33. The fraction of sp³-hybridized carbons (Fsp3) is 1.00. The van der Waals surface area contributed by atoms with Gasteiger partial charge < -0.3 is 0 Å². The average Bonchev–Trinajstić information content (AvgIpc) is 2.25. The summed E-state index contributed by atoms with van der Waals surface area (Å²) in [5.41, 5.74) is 0. The van der Waals surface area contributed by atoms with Gasteiger partial charge in [-0.15, -0.1) is 0 Å². The third-order valence-corrected chi connectivity index (χ3v) is 2.21. The normalized spacial score (nSPS) is 13.7. The van der Waals surface area contributed by atoms with E-state index in [9.17, 15) is 40.5 Å². The first-order chi connectivity index (χ1) is 9.13. The quantitative estimate of drug-likeness (QED) is 0.267. The molecule has 0 bridgehead atoms. The third kappa shape index (κ3) is 7.07. The highest BCUT2D eigenvalue weighted by molar-refractivity contribution is 4.65. The van der Waals surface area contributed by atoms with E-state index in [-0.39, 0.29) is 0 Å². The van der Waals surface area contributed by atoms with Crippen LogP contribution in [0.4, 0.5) is 0 Å². The zero-order valence-corrected chi connectivity index (χ0v) is 10.1. The second kappa shape index (κ2) is 7.85. The smallest absolute Gasteiger partial charge is 0.268 e. The predicted octanol–water partition coefficient (Wildman–Crippen LogP) is -1.99. The summed E-state index contributed by atoms with van der Waals surface area (Å²) >= 11 is 0. The van der Waals surface area contributed by atoms with Crippen molar-refractivity contribution in [2.24, 2.45) is 5.84 Å². The van der Waals surface area contributed by atoms with E-state index in [0.717, 1.165) is 0 Å². The molecule has 0 fully saturated rings. The second-order valence-electron chi connectivity index (χ2n) is 3.86. The molecule has 0 saturated heterocycles. The van der Waals surface area contributed by atoms with Crippen molar-refractivity contribution in [3.63, 3.8) is 0 Å². The van der Waals surface area contributed by atoms with Crippen LogP contribution >= 0.6 is 0 Å². The minimum absolute atomic E-state index is 0.605. The van der Waals surface area contributed by atoms with Crippen LogP contribution in [0.15, 0.2) is 0 Å². The summed E-state index contributed by atoms with van der Waals surface area (Å²) < 4.78 is 0. The van der Waals surface area contributed by atoms with Crippen LogP contribution in [0.2, 0.25) is 0 Å². The van der Waals surface area contributed by atoms with Crippen molar-refractivity contribution in [2.75, 3.05) is 26.2 Å². The molecule has 114 valence electrons. The summed E-state index contributed by atoms with van der Waals surface area (Å²) in [6, 6.07) is -3.31. The monoisotopic (exact) mass is 296 g/mol. The molecule has 2 unspecified atom stereocenters. The van der Waals surface area contributed by atoms with E-state index in [1.807, 2.05) is 0 Å². The highest BCUT2D eigenvalue weighted by atomic mass is 16.7. The number of hydrogen-bond donors (Lipinski definition) is 1. The van der Waals surface area contributed by atoms with Gasteiger partial charge in [0.05, 0.1) is 13.1 Å². The molecule has 0 heterocycles. The molecule has 0 saturated carbocycles. The first-order valence-electron chi connectivity index (χ1n) is 5.13. The molecule has 20 heavy (non-hydrogen) atoms. The second-order valence-corrected chi connectivity index (χ2v) is 3.86. The fourth-order valence-electron chi connectivity index (χ4n) is 1.34. The molecule has 0 spiro atoms. The molecule has 0 aliphatic rings. The van der Waals surface area contributed by atoms with Crippen LogP contribution in [-0.4, -0.2) is 63.0 Å². The number of rotatable bonds is 10. The molecule has 2 N–H and O–H groups in total. The summed E-state index contributed by atoms with van der Waals surface area (Å²) in [5.74, 6) is 5.28. The Morgan fingerprint density at radius 1 is 0.800 bits per heavy atom. The molecule has 0 aromatic rings. The highest BCUT2D eigenvalue weighted by Crippen LogP contribution is 1.98. The van der Waals surface area contributed by atoms with Crippen LogP contribution in [0.5, 0.6) is 0 Å². The van der Waals surface area contributed by atoms with E-state index in [2.05, 4.69) is 0 Å². The summed E-state index contributed by atoms with van der Waals surface area (Å²) in [6.45, 7) is -3.26. The molecule has 0 amide bonds. The lowest BCUT2D eigenvalue weighted by molar-refractivity contribution is -0.593. The van der Waals surface area contributed by atoms with Gasteiger partial charge >= 0.3 is 0 Å². The molecule has 14 heteroatoms. The number of nitro groups is 4. The fourth-order valence-corrected chi connectivity index (χ4v) is 1.34. The van der Waals surface area contributed by atoms with Crippen LogP contribution < -0.4 is 5.84 Å². The van der Waals surface area contributed by atoms with E-state index in [1.165, 1.54) is 0 Å². The van der Waals surface area contributed by atoms with Gasteiger partial charge in [0.15, 0.2) is 0 Å². The lowest BCUT2D eigenvalue weighted by Crippen LogP contribution is -2.49. The molecule has 0 aliphatic heterocycles. The van der Waals surface area contributed by atoms with Crippen LogP contribution in [0, 0.1) is 40.5 Å². The van der Waals surface area contributed by atoms with Gasteiger partial charge in [0.25, 0.3) is 25.2 Å². The van der Waals surface area contributed by atoms with Gasteiger partial charge in [-0.3, -0.25) is 46.3 Å². The molecule has 0 aliphatic carbocycles. The number of nitrogens with two attached hydrogens (primary N) is 1. The number of hydrazine groups is 1. The Balaban J connectivity index is 4.59. The minimum atomic E-state index is -1.65. The average molecular weight is 296 g/mol. The van der Waals surface area contributed by atoms with E-state index in [1.54, 1.807) is 0 Å². The van der Waals surface area contributed by atoms with Crippen LogP contribution in [0.25, 0.3) is 0 Å². The maximum absolute atomic E-state index is 10.5. The van der Waals surface area contributed by atoms with Crippen molar-refractivity contribution < 1.29 is 19.7 Å². The van der Waals surface area contributed by atoms with Crippen molar-refractivity contribution >= 4 is 0 Å². The first-order valence-corrected chi connectivity index (χ1v) is 5.13. The topological polar surface area (TPSA) is 202 Å². The maximum Gasteiger partial charge on any atom is 0.290 e. The molecule has 0 radical (unpaired) electrons. The molecular weight excluding hydrogens is 284 g/mol. The van der Waals surface area contributed by atoms with Crippen molar-refractivity contribution in [3.05, 3.63) is 40.5 Å². The van der Waals surface area contributed by atoms with Crippen LogP contribution in [0.1, 0.15) is 0 Å². The Morgan fingerprint density at radius 3 is 1.30 bits per heavy atom. The lowest BCUT2D eigenvalue weighted by atomic mass is 10.2. The van der Waals surface area contributed by atoms with Crippen LogP contribution in [-0.2, 0) is 0 Å². The Morgan fingerprint density at radius 2 is 1.10 bits per heavy atom. The molecule has 0 aromatic heterocycles. The number of nitrogens with zero attached hydrogens (tertiary/aromatic N) is 5. The van der Waals surface area contributed by atoms with E-state index in [0.29, 0.717) is 5.01 Å². The van der Waals surface area contributed by atoms with Gasteiger partial charge in [0, 0.05) is 19.7 Å². The van der Waals surface area contributed by atoms with Gasteiger partial charge in [-0.05, 0) is 0 Å². The van der Waals surface area contributed by atoms with Crippen molar-refractivity contribution in [2.45, 2.75) is 12.1 Å². The molecule has 0 aromatic carbocycles. The predicted molar refractivity (Wildman–Crippen MR) is 61.0 cm³/mol. The van der Waals surface area contributed by atoms with Gasteiger partial charge in [-0.1, -0.05) is 0 Å². The summed E-state index contributed by atoms with van der Waals surface area (Å²) in [7, 11) is 0. The Hall–Kier alpha value is -2.48. The van der Waals surface area contributed by atoms with Gasteiger partial charge in [0.1, 0.15) is 0 Å². The molecule has 2 atom stereocenters. The summed E-state index contributed by atoms with van der Waals surface area (Å²) in [4.78, 5) is 37.8. The Kier molecular flexibility index (Phi) is 6.87. The van der Waals surface area contributed by atoms with E-state index >= 15 is 0 Å². The molecule has 0 rings (SSSR count). The van der Waals surface area contributed by atoms with Crippen molar-refractivity contribution in [3.8, 4) is 0 Å². The van der Waals surface area contributed by atoms with Crippen molar-refractivity contribution in [1.29, 1.82) is 0 Å². The summed E-state index contributed by atoms with van der Waals surface area (Å²) in [5, 5.41) is 42.1. The molecule has 14 nitrogen and oxygen atoms in total. The first kappa shape index (κ1) is 17.5. The zero-order chi connectivity index (χ0) is 15.9. The largest absolute Gasteiger partial charge is 0.290 e. The van der Waals surface area contributed by atoms with E-state index in [4.69, 9.17) is 5.84 Å². The third-order valence-electron chi connectivity index (χ3n) is 2.21. The van der Waals surface area contributed by atoms with Gasteiger partial charge in [-0.2, -0.15) is 0 Å². The summed E-state index contributed by atoms with van der Waals surface area (Å²) in [6.07, 6.45) is 0. The Labute approximate surface area is 110 Å². The maximum atomic E-state index is 10.5. The van der Waals surface area contributed by atoms with Gasteiger partial charge in [0.2, 0.25) is 0 Å². The lowest BCUT2D eigenvalue weighted by Gasteiger charge is -2.17. The van der Waals surface area contributed by atoms with Crippen LogP contribution in [0.3, 0.4) is 0 Å². The van der Waals surface area contributed by atoms with Crippen molar-refractivity contribution in [1.82, 2.24) is 5.01 Å². The SMILES string of the molecule is NN(CC(C[N+](=O)[O-])[N+](=O)[O-])CC(C[N+](=O)[O-])[N+](=O)[O-]. The molecular formula is C6H12N6O8. The van der Waals surface area contributed by atoms with Gasteiger partial charge in [-0.25, -0.2) is 5.01 Å². The van der Waals surface area contributed by atoms with E-state index < -0.39 is 58.0 Å². The number of hydrogen-bond acceptors (Lipinski definition) is 10. The Bertz CT molecular complexity index is 365.